The molecule has 37 heavy (non-hydrogen) atoms. The van der Waals surface area contributed by atoms with Crippen molar-refractivity contribution in [1.29, 1.82) is 0 Å². The van der Waals surface area contributed by atoms with E-state index in [2.05, 4.69) is 15.6 Å². The molecule has 2 aromatic carbocycles. The third-order valence-corrected chi connectivity index (χ3v) is 10.3. The van der Waals surface area contributed by atoms with Crippen LogP contribution in [0, 0.1) is 5.92 Å². The zero-order valence-corrected chi connectivity index (χ0v) is 22.5. The number of nitrogens with zero attached hydrogens (tertiary/aromatic N) is 3. The summed E-state index contributed by atoms with van der Waals surface area (Å²) in [6, 6.07) is 15.1. The maximum absolute atomic E-state index is 15.8. The number of benzene rings is 2. The summed E-state index contributed by atoms with van der Waals surface area (Å²) in [6.45, 7) is 5.65. The minimum atomic E-state index is -3.23. The number of aryl methyl sites for hydroxylation is 1. The lowest BCUT2D eigenvalue weighted by atomic mass is 9.82. The Morgan fingerprint density at radius 2 is 2.03 bits per heavy atom. The number of carbonyl (C=O) groups is 1. The highest BCUT2D eigenvalue weighted by Gasteiger charge is 2.65. The molecule has 1 saturated heterocycles. The van der Waals surface area contributed by atoms with Gasteiger partial charge in [0.2, 0.25) is 8.41 Å². The summed E-state index contributed by atoms with van der Waals surface area (Å²) < 4.78 is 29.5. The summed E-state index contributed by atoms with van der Waals surface area (Å²) in [5, 5.41) is 21.5. The number of aromatic nitrogens is 3. The Hall–Kier alpha value is -3.08. The SMILES string of the molecule is COc1ccc2c(c1)[C@]1(O[C@@H](CCn3cc(C(CO)c4ccccc4)nn3)[C@H]([Si](C)(C)F)[C@H]1C)C(=O)N2. The van der Waals surface area contributed by atoms with Crippen molar-refractivity contribution in [2.45, 2.75) is 56.1 Å². The highest BCUT2D eigenvalue weighted by molar-refractivity contribution is 6.72. The van der Waals surface area contributed by atoms with Gasteiger partial charge in [-0.1, -0.05) is 42.5 Å². The average Bonchev–Trinajstić information content (AvgIpc) is 3.54. The number of nitrogens with one attached hydrogen (secondary N) is 1. The van der Waals surface area contributed by atoms with Crippen LogP contribution in [0.5, 0.6) is 5.75 Å². The van der Waals surface area contributed by atoms with Gasteiger partial charge in [0, 0.05) is 35.5 Å². The molecule has 3 aromatic rings. The Labute approximate surface area is 217 Å². The fraction of sp³-hybridized carbons (Fsp3) is 0.444. The first-order valence-corrected chi connectivity index (χ1v) is 15.6. The molecule has 10 heteroatoms. The van der Waals surface area contributed by atoms with Gasteiger partial charge in [-0.2, -0.15) is 0 Å². The number of ether oxygens (including phenoxy) is 2. The topological polar surface area (TPSA) is 98.5 Å². The van der Waals surface area contributed by atoms with Crippen LogP contribution in [-0.4, -0.2) is 54.2 Å². The van der Waals surface area contributed by atoms with Crippen molar-refractivity contribution in [2.24, 2.45) is 5.92 Å². The van der Waals surface area contributed by atoms with Crippen LogP contribution in [0.1, 0.15) is 36.1 Å². The Bertz CT molecular complexity index is 1280. The van der Waals surface area contributed by atoms with E-state index < -0.39 is 25.7 Å². The molecule has 5 atom stereocenters. The Kier molecular flexibility index (Phi) is 6.67. The summed E-state index contributed by atoms with van der Waals surface area (Å²) in [5.41, 5.74) is 1.34. The maximum Gasteiger partial charge on any atom is 0.261 e. The standard InChI is InChI=1S/C27H33FN4O4Si/c1-17-25(37(3,4)28)24(36-27(17)21-14-19(35-2)10-11-22(21)29-26(27)34)12-13-32-15-23(30-31-32)20(16-33)18-8-6-5-7-9-18/h5-11,14-15,17,20,24-25,33H,12-13,16H2,1-4H3,(H,29,34)/t17-,20?,24+,25-,27+/m1/s1. The molecule has 0 saturated carbocycles. The first-order valence-electron chi connectivity index (χ1n) is 12.6. The third kappa shape index (κ3) is 4.36. The molecule has 1 amide bonds. The van der Waals surface area contributed by atoms with E-state index in [1.165, 1.54) is 0 Å². The molecule has 8 nitrogen and oxygen atoms in total. The largest absolute Gasteiger partial charge is 0.497 e. The van der Waals surface area contributed by atoms with Crippen molar-refractivity contribution in [3.05, 3.63) is 71.5 Å². The number of aliphatic hydroxyl groups is 1. The van der Waals surface area contributed by atoms with Crippen molar-refractivity contribution < 1.29 is 23.5 Å². The molecule has 0 radical (unpaired) electrons. The van der Waals surface area contributed by atoms with E-state index in [0.29, 0.717) is 35.7 Å². The molecule has 1 spiro atoms. The second-order valence-electron chi connectivity index (χ2n) is 10.5. The number of hydrogen-bond acceptors (Lipinski definition) is 6. The molecule has 0 aliphatic carbocycles. The molecule has 2 aliphatic rings. The smallest absolute Gasteiger partial charge is 0.261 e. The van der Waals surface area contributed by atoms with Crippen LogP contribution in [0.4, 0.5) is 9.80 Å². The van der Waals surface area contributed by atoms with Crippen LogP contribution < -0.4 is 10.1 Å². The second-order valence-corrected chi connectivity index (χ2v) is 14.3. The van der Waals surface area contributed by atoms with Crippen molar-refractivity contribution in [1.82, 2.24) is 15.0 Å². The van der Waals surface area contributed by atoms with Gasteiger partial charge in [-0.15, -0.1) is 5.10 Å². The monoisotopic (exact) mass is 524 g/mol. The number of halogens is 1. The van der Waals surface area contributed by atoms with E-state index in [-0.39, 0.29) is 24.3 Å². The summed E-state index contributed by atoms with van der Waals surface area (Å²) in [7, 11) is -1.66. The van der Waals surface area contributed by atoms with Gasteiger partial charge in [0.1, 0.15) is 5.75 Å². The van der Waals surface area contributed by atoms with Gasteiger partial charge in [-0.3, -0.25) is 9.48 Å². The molecule has 2 aliphatic heterocycles. The number of aliphatic hydroxyl groups excluding tert-OH is 1. The van der Waals surface area contributed by atoms with E-state index in [0.717, 1.165) is 5.56 Å². The molecule has 1 unspecified atom stereocenters. The van der Waals surface area contributed by atoms with E-state index >= 15 is 4.11 Å². The van der Waals surface area contributed by atoms with Gasteiger partial charge < -0.3 is 24.0 Å². The molecule has 2 N–H and O–H groups in total. The summed E-state index contributed by atoms with van der Waals surface area (Å²) in [5.74, 6) is -0.278. The fourth-order valence-electron chi connectivity index (χ4n) is 6.14. The number of anilines is 1. The summed E-state index contributed by atoms with van der Waals surface area (Å²) in [6.07, 6.45) is 1.82. The third-order valence-electron chi connectivity index (χ3n) is 7.86. The first kappa shape index (κ1) is 25.6. The molecular formula is C27H33FN4O4Si. The normalized spacial score (nSPS) is 25.8. The fourth-order valence-corrected chi connectivity index (χ4v) is 8.68. The van der Waals surface area contributed by atoms with Gasteiger partial charge in [-0.05, 0) is 43.3 Å². The predicted molar refractivity (Wildman–Crippen MR) is 140 cm³/mol. The van der Waals surface area contributed by atoms with Crippen LogP contribution in [0.2, 0.25) is 18.6 Å². The van der Waals surface area contributed by atoms with Crippen LogP contribution in [0.15, 0.2) is 54.7 Å². The number of hydrogen-bond donors (Lipinski definition) is 2. The average molecular weight is 525 g/mol. The number of rotatable bonds is 8. The maximum atomic E-state index is 15.8. The zero-order chi connectivity index (χ0) is 26.4. The van der Waals surface area contributed by atoms with Gasteiger partial charge in [0.15, 0.2) is 5.60 Å². The summed E-state index contributed by atoms with van der Waals surface area (Å²) >= 11 is 0. The number of fused-ring (bicyclic) bond motifs is 2. The van der Waals surface area contributed by atoms with Crippen LogP contribution in [0.3, 0.4) is 0 Å². The Balaban J connectivity index is 1.40. The molecule has 3 heterocycles. The van der Waals surface area contributed by atoms with Crippen LogP contribution in [0.25, 0.3) is 0 Å². The molecular weight excluding hydrogens is 491 g/mol. The predicted octanol–water partition coefficient (Wildman–Crippen LogP) is 4.23. The van der Waals surface area contributed by atoms with Crippen LogP contribution in [-0.2, 0) is 21.7 Å². The number of amides is 1. The molecule has 1 fully saturated rings. The van der Waals surface area contributed by atoms with Crippen molar-refractivity contribution in [3.8, 4) is 5.75 Å². The lowest BCUT2D eigenvalue weighted by Crippen LogP contribution is -2.41. The van der Waals surface area contributed by atoms with Gasteiger partial charge in [0.05, 0.1) is 31.4 Å². The number of carbonyl (C=O) groups excluding carboxylic acids is 1. The Morgan fingerprint density at radius 3 is 2.70 bits per heavy atom. The van der Waals surface area contributed by atoms with Crippen LogP contribution >= 0.6 is 0 Å². The van der Waals surface area contributed by atoms with Crippen molar-refractivity contribution in [2.75, 3.05) is 19.0 Å². The van der Waals surface area contributed by atoms with E-state index in [4.69, 9.17) is 9.47 Å². The molecule has 196 valence electrons. The summed E-state index contributed by atoms with van der Waals surface area (Å²) in [4.78, 5) is 13.4. The molecule has 0 bridgehead atoms. The van der Waals surface area contributed by atoms with Gasteiger partial charge in [0.25, 0.3) is 5.91 Å². The van der Waals surface area contributed by atoms with E-state index in [1.807, 2.05) is 49.5 Å². The minimum Gasteiger partial charge on any atom is -0.497 e. The minimum absolute atomic E-state index is 0.0871. The van der Waals surface area contributed by atoms with Crippen molar-refractivity contribution in [3.63, 3.8) is 0 Å². The quantitative estimate of drug-likeness (QED) is 0.338. The van der Waals surface area contributed by atoms with Crippen molar-refractivity contribution >= 4 is 20.0 Å². The zero-order valence-electron chi connectivity index (χ0n) is 21.5. The van der Waals surface area contributed by atoms with E-state index in [1.54, 1.807) is 37.0 Å². The highest BCUT2D eigenvalue weighted by Crippen LogP contribution is 2.59. The van der Waals surface area contributed by atoms with Gasteiger partial charge >= 0.3 is 0 Å². The second kappa shape index (κ2) is 9.66. The Morgan fingerprint density at radius 1 is 1.27 bits per heavy atom. The first-order chi connectivity index (χ1) is 17.7. The highest BCUT2D eigenvalue weighted by atomic mass is 28.4. The molecule has 5 rings (SSSR count). The van der Waals surface area contributed by atoms with Gasteiger partial charge in [-0.25, -0.2) is 0 Å². The number of methoxy groups -OCH3 is 1. The van der Waals surface area contributed by atoms with E-state index in [9.17, 15) is 9.90 Å². The lowest BCUT2D eigenvalue weighted by molar-refractivity contribution is -0.143. The lowest BCUT2D eigenvalue weighted by Gasteiger charge is -2.30. The molecule has 1 aromatic heterocycles.